The Bertz CT molecular complexity index is 1750. The largest absolute Gasteiger partial charge is 0.416 e. The van der Waals surface area contributed by atoms with Crippen LogP contribution in [0.15, 0.2) is 54.6 Å². The number of carbonyl (C=O) groups is 2. The fourth-order valence-corrected chi connectivity index (χ4v) is 5.85. The van der Waals surface area contributed by atoms with E-state index in [9.17, 15) is 22.8 Å². The van der Waals surface area contributed by atoms with Gasteiger partial charge in [0.15, 0.2) is 0 Å². The number of fused-ring (bicyclic) bond motifs is 1. The van der Waals surface area contributed by atoms with E-state index in [1.807, 2.05) is 42.8 Å². The summed E-state index contributed by atoms with van der Waals surface area (Å²) < 4.78 is 43.4. The molecular weight excluding hydrogens is 581 g/mol. The maximum atomic E-state index is 13.9. The summed E-state index contributed by atoms with van der Waals surface area (Å²) in [7, 11) is 1.84. The van der Waals surface area contributed by atoms with E-state index in [1.165, 1.54) is 6.07 Å². The van der Waals surface area contributed by atoms with Crippen molar-refractivity contribution in [2.45, 2.75) is 39.4 Å². The van der Waals surface area contributed by atoms with Gasteiger partial charge in [0, 0.05) is 56.9 Å². The highest BCUT2D eigenvalue weighted by atomic mass is 19.4. The molecule has 45 heavy (non-hydrogen) atoms. The van der Waals surface area contributed by atoms with Gasteiger partial charge in [-0.05, 0) is 91.0 Å². The van der Waals surface area contributed by atoms with Crippen molar-refractivity contribution in [2.24, 2.45) is 13.0 Å². The summed E-state index contributed by atoms with van der Waals surface area (Å²) in [6.45, 7) is 8.67. The summed E-state index contributed by atoms with van der Waals surface area (Å²) in [6, 6.07) is 14.8. The van der Waals surface area contributed by atoms with E-state index in [4.69, 9.17) is 0 Å². The van der Waals surface area contributed by atoms with Crippen LogP contribution in [0.1, 0.15) is 46.8 Å². The molecule has 2 heterocycles. The number of nitrogens with zero attached hydrogens (tertiary/aromatic N) is 4. The molecule has 2 N–H and O–H groups in total. The minimum absolute atomic E-state index is 0.0223. The summed E-state index contributed by atoms with van der Waals surface area (Å²) >= 11 is 0. The molecule has 236 valence electrons. The number of aryl methyl sites for hydroxylation is 2. The standard InChI is InChI=1S/C34H37F3N6O2/c1-4-42-11-13-43(14-12-42)20-22-15-26(34(35,36)37)19-27(16-22)38-32(45)25-6-5-21(2)28(17-25)24-9-10-29-30(18-24)41(3)33(39-29)40-31(44)23-7-8-23/h5-6,9-10,15-19,23H,4,7-8,11-14,20H2,1-3H3,(H,38,45)(H,39,40,44). The van der Waals surface area contributed by atoms with E-state index >= 15 is 0 Å². The molecule has 0 radical (unpaired) electrons. The van der Waals surface area contributed by atoms with Crippen LogP contribution in [0.3, 0.4) is 0 Å². The second kappa shape index (κ2) is 12.3. The molecule has 0 unspecified atom stereocenters. The zero-order chi connectivity index (χ0) is 31.9. The Hall–Kier alpha value is -4.22. The van der Waals surface area contributed by atoms with Gasteiger partial charge in [0.05, 0.1) is 16.6 Å². The fourth-order valence-electron chi connectivity index (χ4n) is 5.85. The van der Waals surface area contributed by atoms with Gasteiger partial charge in [0.25, 0.3) is 5.91 Å². The van der Waals surface area contributed by atoms with E-state index < -0.39 is 17.6 Å². The SMILES string of the molecule is CCN1CCN(Cc2cc(NC(=O)c3ccc(C)c(-c4ccc5nc(NC(=O)C6CC6)n(C)c5c4)c3)cc(C(F)(F)F)c2)CC1. The summed E-state index contributed by atoms with van der Waals surface area (Å²) in [5.74, 6) is 0.0179. The Morgan fingerprint density at radius 3 is 2.36 bits per heavy atom. The molecular formula is C34H37F3N6O2. The van der Waals surface area contributed by atoms with Crippen LogP contribution in [0.5, 0.6) is 0 Å². The molecule has 11 heteroatoms. The zero-order valence-corrected chi connectivity index (χ0v) is 25.7. The predicted molar refractivity (Wildman–Crippen MR) is 169 cm³/mol. The number of aromatic nitrogens is 2. The van der Waals surface area contributed by atoms with Crippen LogP contribution in [0.25, 0.3) is 22.2 Å². The molecule has 0 spiro atoms. The van der Waals surface area contributed by atoms with Gasteiger partial charge < -0.3 is 14.8 Å². The highest BCUT2D eigenvalue weighted by Crippen LogP contribution is 2.34. The highest BCUT2D eigenvalue weighted by molar-refractivity contribution is 6.05. The smallest absolute Gasteiger partial charge is 0.322 e. The Morgan fingerprint density at radius 2 is 1.67 bits per heavy atom. The number of piperazine rings is 1. The number of hydrogen-bond acceptors (Lipinski definition) is 5. The summed E-state index contributed by atoms with van der Waals surface area (Å²) in [5.41, 5.74) is 4.29. The molecule has 2 aliphatic rings. The lowest BCUT2D eigenvalue weighted by molar-refractivity contribution is -0.137. The topological polar surface area (TPSA) is 82.5 Å². The third kappa shape index (κ3) is 6.89. The van der Waals surface area contributed by atoms with Crippen molar-refractivity contribution in [2.75, 3.05) is 43.4 Å². The average molecular weight is 619 g/mol. The third-order valence-electron chi connectivity index (χ3n) is 8.77. The minimum atomic E-state index is -4.54. The first-order valence-corrected chi connectivity index (χ1v) is 15.3. The monoisotopic (exact) mass is 618 g/mol. The number of likely N-dealkylation sites (N-methyl/N-ethyl adjacent to an activating group) is 1. The number of rotatable bonds is 8. The van der Waals surface area contributed by atoms with Crippen molar-refractivity contribution < 1.29 is 22.8 Å². The minimum Gasteiger partial charge on any atom is -0.322 e. The van der Waals surface area contributed by atoms with E-state index in [0.717, 1.165) is 79.4 Å². The summed E-state index contributed by atoms with van der Waals surface area (Å²) in [5, 5.41) is 5.63. The van der Waals surface area contributed by atoms with Crippen LogP contribution in [0, 0.1) is 12.8 Å². The zero-order valence-electron chi connectivity index (χ0n) is 25.7. The molecule has 0 atom stereocenters. The van der Waals surface area contributed by atoms with Crippen molar-refractivity contribution in [1.29, 1.82) is 0 Å². The molecule has 3 aromatic carbocycles. The van der Waals surface area contributed by atoms with Crippen molar-refractivity contribution in [3.8, 4) is 11.1 Å². The van der Waals surface area contributed by atoms with Crippen LogP contribution in [0.2, 0.25) is 0 Å². The maximum Gasteiger partial charge on any atom is 0.416 e. The van der Waals surface area contributed by atoms with Gasteiger partial charge in [-0.2, -0.15) is 13.2 Å². The molecule has 1 aromatic heterocycles. The highest BCUT2D eigenvalue weighted by Gasteiger charge is 2.32. The first kappa shape index (κ1) is 30.8. The van der Waals surface area contributed by atoms with Crippen LogP contribution in [-0.4, -0.2) is 63.9 Å². The molecule has 1 aliphatic carbocycles. The van der Waals surface area contributed by atoms with Gasteiger partial charge in [0.2, 0.25) is 11.9 Å². The summed E-state index contributed by atoms with van der Waals surface area (Å²) in [4.78, 5) is 34.7. The number of imidazole rings is 1. The average Bonchev–Trinajstić information content (AvgIpc) is 3.82. The molecule has 4 aromatic rings. The second-order valence-corrected chi connectivity index (χ2v) is 12.1. The van der Waals surface area contributed by atoms with Crippen molar-refractivity contribution in [3.05, 3.63) is 76.9 Å². The molecule has 6 rings (SSSR count). The normalized spacial score (nSPS) is 16.2. The molecule has 0 bridgehead atoms. The van der Waals surface area contributed by atoms with E-state index in [2.05, 4.69) is 32.3 Å². The van der Waals surface area contributed by atoms with E-state index in [-0.39, 0.29) is 17.5 Å². The van der Waals surface area contributed by atoms with Crippen LogP contribution >= 0.6 is 0 Å². The predicted octanol–water partition coefficient (Wildman–Crippen LogP) is 6.31. The number of anilines is 2. The Kier molecular flexibility index (Phi) is 8.41. The van der Waals surface area contributed by atoms with Crippen molar-refractivity contribution >= 4 is 34.5 Å². The van der Waals surface area contributed by atoms with E-state index in [1.54, 1.807) is 18.2 Å². The number of hydrogen-bond donors (Lipinski definition) is 2. The molecule has 2 fully saturated rings. The number of benzene rings is 3. The van der Waals surface area contributed by atoms with Gasteiger partial charge >= 0.3 is 6.18 Å². The van der Waals surface area contributed by atoms with Gasteiger partial charge in [0.1, 0.15) is 0 Å². The van der Waals surface area contributed by atoms with E-state index in [0.29, 0.717) is 23.6 Å². The lowest BCUT2D eigenvalue weighted by atomic mass is 9.97. The number of carbonyl (C=O) groups excluding carboxylic acids is 2. The first-order valence-electron chi connectivity index (χ1n) is 15.3. The molecule has 1 saturated carbocycles. The lowest BCUT2D eigenvalue weighted by Crippen LogP contribution is -2.45. The van der Waals surface area contributed by atoms with Crippen molar-refractivity contribution in [1.82, 2.24) is 19.4 Å². The Balaban J connectivity index is 1.23. The third-order valence-corrected chi connectivity index (χ3v) is 8.77. The molecule has 8 nitrogen and oxygen atoms in total. The number of amides is 2. The number of nitrogens with one attached hydrogen (secondary N) is 2. The van der Waals surface area contributed by atoms with Crippen LogP contribution < -0.4 is 10.6 Å². The van der Waals surface area contributed by atoms with Crippen LogP contribution in [0.4, 0.5) is 24.8 Å². The lowest BCUT2D eigenvalue weighted by Gasteiger charge is -2.34. The van der Waals surface area contributed by atoms with Crippen LogP contribution in [-0.2, 0) is 24.6 Å². The quantitative estimate of drug-likeness (QED) is 0.242. The molecule has 1 saturated heterocycles. The fraction of sp³-hybridized carbons (Fsp3) is 0.382. The Morgan fingerprint density at radius 1 is 0.933 bits per heavy atom. The number of halogens is 3. The van der Waals surface area contributed by atoms with Gasteiger partial charge in [-0.1, -0.05) is 19.1 Å². The van der Waals surface area contributed by atoms with Crippen molar-refractivity contribution in [3.63, 3.8) is 0 Å². The molecule has 1 aliphatic heterocycles. The summed E-state index contributed by atoms with van der Waals surface area (Å²) in [6.07, 6.45) is -2.75. The first-order chi connectivity index (χ1) is 21.5. The van der Waals surface area contributed by atoms with Gasteiger partial charge in [-0.3, -0.25) is 19.8 Å². The Labute approximate surface area is 260 Å². The van der Waals surface area contributed by atoms with Gasteiger partial charge in [-0.25, -0.2) is 4.98 Å². The number of alkyl halides is 3. The van der Waals surface area contributed by atoms with Gasteiger partial charge in [-0.15, -0.1) is 0 Å². The maximum absolute atomic E-state index is 13.9. The second-order valence-electron chi connectivity index (χ2n) is 12.1. The molecule has 2 amide bonds.